The second kappa shape index (κ2) is 10.3. The van der Waals surface area contributed by atoms with Gasteiger partial charge in [-0.05, 0) is 55.5 Å². The van der Waals surface area contributed by atoms with Crippen molar-refractivity contribution in [2.45, 2.75) is 64.1 Å². The monoisotopic (exact) mass is 471 g/mol. The highest BCUT2D eigenvalue weighted by Crippen LogP contribution is 2.20. The Morgan fingerprint density at radius 1 is 1.06 bits per heavy atom. The van der Waals surface area contributed by atoms with Gasteiger partial charge < -0.3 is 5.32 Å². The SMILES string of the molecule is O=C(CCCCn1c(=O)c2ccccc2n(Cc2ccc(F)cc2Cl)c1=O)NC1CCCC1. The molecule has 0 radical (unpaired) electrons. The molecule has 1 N–H and O–H groups in total. The number of rotatable bonds is 8. The van der Waals surface area contributed by atoms with Crippen LogP contribution in [-0.4, -0.2) is 21.1 Å². The fourth-order valence-electron chi connectivity index (χ4n) is 4.47. The van der Waals surface area contributed by atoms with Crippen molar-refractivity contribution in [2.24, 2.45) is 0 Å². The van der Waals surface area contributed by atoms with E-state index in [-0.39, 0.29) is 35.6 Å². The molecule has 6 nitrogen and oxygen atoms in total. The molecule has 174 valence electrons. The Morgan fingerprint density at radius 3 is 2.58 bits per heavy atom. The third kappa shape index (κ3) is 5.36. The molecule has 0 saturated heterocycles. The van der Waals surface area contributed by atoms with Gasteiger partial charge in [0, 0.05) is 24.0 Å². The molecular weight excluding hydrogens is 445 g/mol. The molecule has 8 heteroatoms. The molecule has 2 aromatic carbocycles. The van der Waals surface area contributed by atoms with Crippen LogP contribution in [-0.2, 0) is 17.9 Å². The molecule has 1 aliphatic rings. The number of fused-ring (bicyclic) bond motifs is 1. The molecule has 1 aliphatic carbocycles. The summed E-state index contributed by atoms with van der Waals surface area (Å²) in [6, 6.07) is 11.2. The van der Waals surface area contributed by atoms with Crippen LogP contribution in [0.5, 0.6) is 0 Å². The standard InChI is InChI=1S/C25H27ClFN3O3/c26-21-15-18(27)13-12-17(21)16-30-22-10-4-3-9-20(22)24(32)29(25(30)33)14-6-5-11-23(31)28-19-7-1-2-8-19/h3-4,9-10,12-13,15,19H,1-2,5-8,11,14,16H2,(H,28,31). The smallest absolute Gasteiger partial charge is 0.331 e. The number of amides is 1. The third-order valence-corrected chi connectivity index (χ3v) is 6.58. The predicted octanol–water partition coefficient (Wildman–Crippen LogP) is 4.23. The number of para-hydroxylation sites is 1. The second-order valence-electron chi connectivity index (χ2n) is 8.58. The Morgan fingerprint density at radius 2 is 1.82 bits per heavy atom. The number of halogens is 2. The molecule has 0 spiro atoms. The summed E-state index contributed by atoms with van der Waals surface area (Å²) in [4.78, 5) is 38.4. The summed E-state index contributed by atoms with van der Waals surface area (Å²) in [7, 11) is 0. The first kappa shape index (κ1) is 23.2. The highest BCUT2D eigenvalue weighted by molar-refractivity contribution is 6.31. The van der Waals surface area contributed by atoms with Gasteiger partial charge in [0.2, 0.25) is 5.91 Å². The maximum Gasteiger partial charge on any atom is 0.331 e. The molecule has 1 fully saturated rings. The van der Waals surface area contributed by atoms with Crippen LogP contribution in [0.25, 0.3) is 10.9 Å². The van der Waals surface area contributed by atoms with Crippen molar-refractivity contribution in [3.8, 4) is 0 Å². The second-order valence-corrected chi connectivity index (χ2v) is 8.99. The zero-order valence-corrected chi connectivity index (χ0v) is 19.1. The van der Waals surface area contributed by atoms with Gasteiger partial charge in [-0.15, -0.1) is 0 Å². The van der Waals surface area contributed by atoms with E-state index in [1.54, 1.807) is 24.3 Å². The molecule has 1 heterocycles. The van der Waals surface area contributed by atoms with Gasteiger partial charge in [-0.1, -0.05) is 42.6 Å². The lowest BCUT2D eigenvalue weighted by atomic mass is 10.2. The summed E-state index contributed by atoms with van der Waals surface area (Å²) < 4.78 is 16.2. The minimum absolute atomic E-state index is 0.0242. The van der Waals surface area contributed by atoms with Gasteiger partial charge in [-0.25, -0.2) is 9.18 Å². The van der Waals surface area contributed by atoms with E-state index in [0.717, 1.165) is 25.7 Å². The topological polar surface area (TPSA) is 73.1 Å². The fourth-order valence-corrected chi connectivity index (χ4v) is 4.69. The van der Waals surface area contributed by atoms with Gasteiger partial charge in [0.25, 0.3) is 5.56 Å². The average Bonchev–Trinajstić information content (AvgIpc) is 3.30. The van der Waals surface area contributed by atoms with E-state index < -0.39 is 11.5 Å². The van der Waals surface area contributed by atoms with Crippen LogP contribution >= 0.6 is 11.6 Å². The number of carbonyl (C=O) groups excluding carboxylic acids is 1. The molecule has 0 aliphatic heterocycles. The van der Waals surface area contributed by atoms with E-state index >= 15 is 0 Å². The van der Waals surface area contributed by atoms with Crippen LogP contribution in [0, 0.1) is 5.82 Å². The summed E-state index contributed by atoms with van der Waals surface area (Å²) >= 11 is 6.19. The molecule has 0 unspecified atom stereocenters. The predicted molar refractivity (Wildman–Crippen MR) is 127 cm³/mol. The summed E-state index contributed by atoms with van der Waals surface area (Å²) in [5.41, 5.74) is 0.279. The summed E-state index contributed by atoms with van der Waals surface area (Å²) in [5.74, 6) is -0.431. The molecular formula is C25H27ClFN3O3. The maximum atomic E-state index is 13.5. The Balaban J connectivity index is 1.53. The lowest BCUT2D eigenvalue weighted by Crippen LogP contribution is -2.40. The van der Waals surface area contributed by atoms with Crippen molar-refractivity contribution in [3.63, 3.8) is 0 Å². The Hall–Kier alpha value is -2.93. The normalized spacial score (nSPS) is 14.1. The van der Waals surface area contributed by atoms with Gasteiger partial charge in [-0.3, -0.25) is 18.7 Å². The minimum Gasteiger partial charge on any atom is -0.353 e. The Kier molecular flexibility index (Phi) is 7.28. The third-order valence-electron chi connectivity index (χ3n) is 6.23. The van der Waals surface area contributed by atoms with Gasteiger partial charge in [-0.2, -0.15) is 0 Å². The van der Waals surface area contributed by atoms with E-state index in [1.807, 2.05) is 0 Å². The number of aromatic nitrogens is 2. The Bertz CT molecular complexity index is 1280. The highest BCUT2D eigenvalue weighted by atomic mass is 35.5. The van der Waals surface area contributed by atoms with Gasteiger partial charge in [0.05, 0.1) is 17.4 Å². The van der Waals surface area contributed by atoms with E-state index in [0.29, 0.717) is 35.7 Å². The lowest BCUT2D eigenvalue weighted by molar-refractivity contribution is -0.121. The number of benzene rings is 2. The summed E-state index contributed by atoms with van der Waals surface area (Å²) in [5, 5.41) is 3.70. The van der Waals surface area contributed by atoms with Crippen LogP contribution in [0.3, 0.4) is 0 Å². The van der Waals surface area contributed by atoms with Gasteiger partial charge in [0.1, 0.15) is 5.82 Å². The zero-order chi connectivity index (χ0) is 23.4. The van der Waals surface area contributed by atoms with Crippen molar-refractivity contribution in [2.75, 3.05) is 0 Å². The molecule has 33 heavy (non-hydrogen) atoms. The molecule has 1 aromatic heterocycles. The van der Waals surface area contributed by atoms with Crippen LogP contribution in [0.15, 0.2) is 52.1 Å². The van der Waals surface area contributed by atoms with Crippen molar-refractivity contribution < 1.29 is 9.18 Å². The van der Waals surface area contributed by atoms with Gasteiger partial charge >= 0.3 is 5.69 Å². The van der Waals surface area contributed by atoms with Crippen LogP contribution in [0.4, 0.5) is 4.39 Å². The van der Waals surface area contributed by atoms with Crippen molar-refractivity contribution in [3.05, 3.63) is 79.7 Å². The molecule has 1 saturated carbocycles. The zero-order valence-electron chi connectivity index (χ0n) is 18.4. The van der Waals surface area contributed by atoms with Gasteiger partial charge in [0.15, 0.2) is 0 Å². The maximum absolute atomic E-state index is 13.5. The first-order chi connectivity index (χ1) is 15.9. The molecule has 0 atom stereocenters. The minimum atomic E-state index is -0.456. The van der Waals surface area contributed by atoms with E-state index in [1.165, 1.54) is 27.3 Å². The van der Waals surface area contributed by atoms with Crippen molar-refractivity contribution >= 4 is 28.4 Å². The lowest BCUT2D eigenvalue weighted by Gasteiger charge is -2.15. The van der Waals surface area contributed by atoms with Crippen LogP contribution in [0.1, 0.15) is 50.5 Å². The average molecular weight is 472 g/mol. The number of nitrogens with zero attached hydrogens (tertiary/aromatic N) is 2. The molecule has 4 rings (SSSR count). The van der Waals surface area contributed by atoms with E-state index in [2.05, 4.69) is 5.32 Å². The van der Waals surface area contributed by atoms with Crippen molar-refractivity contribution in [1.82, 2.24) is 14.5 Å². The number of unbranched alkanes of at least 4 members (excludes halogenated alkanes) is 1. The summed E-state index contributed by atoms with van der Waals surface area (Å²) in [6.07, 6.45) is 5.88. The number of nitrogens with one attached hydrogen (secondary N) is 1. The molecule has 3 aromatic rings. The Labute approximate surface area is 196 Å². The molecule has 0 bridgehead atoms. The van der Waals surface area contributed by atoms with Crippen LogP contribution in [0.2, 0.25) is 5.02 Å². The number of carbonyl (C=O) groups is 1. The quantitative estimate of drug-likeness (QED) is 0.499. The van der Waals surface area contributed by atoms with Crippen LogP contribution < -0.4 is 16.6 Å². The van der Waals surface area contributed by atoms with E-state index in [9.17, 15) is 18.8 Å². The fraction of sp³-hybridized carbons (Fsp3) is 0.400. The highest BCUT2D eigenvalue weighted by Gasteiger charge is 2.17. The number of hydrogen-bond acceptors (Lipinski definition) is 3. The summed E-state index contributed by atoms with van der Waals surface area (Å²) in [6.45, 7) is 0.332. The largest absolute Gasteiger partial charge is 0.353 e. The first-order valence-corrected chi connectivity index (χ1v) is 11.8. The first-order valence-electron chi connectivity index (χ1n) is 11.4. The molecule has 1 amide bonds. The number of hydrogen-bond donors (Lipinski definition) is 1. The van der Waals surface area contributed by atoms with E-state index in [4.69, 9.17) is 11.6 Å². The van der Waals surface area contributed by atoms with Crippen molar-refractivity contribution in [1.29, 1.82) is 0 Å².